The number of ether oxygens (including phenoxy) is 1. The molecule has 6 nitrogen and oxygen atoms in total. The summed E-state index contributed by atoms with van der Waals surface area (Å²) in [6.45, 7) is 7.57. The molecule has 3 fully saturated rings. The van der Waals surface area contributed by atoms with Gasteiger partial charge in [-0.25, -0.2) is 4.98 Å². The first-order valence-electron chi connectivity index (χ1n) is 16.8. The number of amides is 1. The summed E-state index contributed by atoms with van der Waals surface area (Å²) in [5, 5.41) is 0. The summed E-state index contributed by atoms with van der Waals surface area (Å²) in [4.78, 5) is 23.5. The van der Waals surface area contributed by atoms with Gasteiger partial charge >= 0.3 is 0 Å². The predicted octanol–water partition coefficient (Wildman–Crippen LogP) is 7.57. The van der Waals surface area contributed by atoms with Gasteiger partial charge in [-0.15, -0.1) is 0 Å². The molecule has 230 valence electrons. The molecule has 0 spiro atoms. The lowest BCUT2D eigenvalue weighted by molar-refractivity contribution is 0.0603. The lowest BCUT2D eigenvalue weighted by Crippen LogP contribution is -2.49. The van der Waals surface area contributed by atoms with Crippen molar-refractivity contribution in [2.45, 2.75) is 88.8 Å². The van der Waals surface area contributed by atoms with Gasteiger partial charge in [-0.1, -0.05) is 61.5 Å². The molecule has 0 aliphatic carbocycles. The zero-order valence-electron chi connectivity index (χ0n) is 26.3. The van der Waals surface area contributed by atoms with Crippen molar-refractivity contribution in [2.24, 2.45) is 0 Å². The molecule has 1 amide bonds. The maximum absolute atomic E-state index is 13.7. The van der Waals surface area contributed by atoms with Crippen molar-refractivity contribution < 1.29 is 9.53 Å². The predicted molar refractivity (Wildman–Crippen MR) is 176 cm³/mol. The molecule has 0 N–H and O–H groups in total. The monoisotopic (exact) mass is 590 g/mol. The minimum Gasteiger partial charge on any atom is -0.493 e. The molecule has 7 rings (SSSR count). The van der Waals surface area contributed by atoms with E-state index in [9.17, 15) is 4.79 Å². The average Bonchev–Trinajstić information content (AvgIpc) is 3.53. The Morgan fingerprint density at radius 3 is 2.32 bits per heavy atom. The number of fused-ring (bicyclic) bond motifs is 3. The number of rotatable bonds is 9. The van der Waals surface area contributed by atoms with E-state index in [2.05, 4.69) is 82.8 Å². The van der Waals surface area contributed by atoms with Crippen molar-refractivity contribution in [3.63, 3.8) is 0 Å². The summed E-state index contributed by atoms with van der Waals surface area (Å²) in [7, 11) is 0. The highest BCUT2D eigenvalue weighted by atomic mass is 16.5. The molecule has 1 aromatic heterocycles. The Balaban J connectivity index is 1.05. The first kappa shape index (κ1) is 29.1. The molecule has 0 radical (unpaired) electrons. The van der Waals surface area contributed by atoms with Crippen LogP contribution in [0.3, 0.4) is 0 Å². The number of carbonyl (C=O) groups is 1. The molecule has 44 heavy (non-hydrogen) atoms. The summed E-state index contributed by atoms with van der Waals surface area (Å²) >= 11 is 0. The molecule has 3 aromatic carbocycles. The second kappa shape index (κ2) is 12.4. The second-order valence-corrected chi connectivity index (χ2v) is 13.3. The number of nitrogens with zero attached hydrogens (tertiary/aromatic N) is 4. The molecule has 0 saturated carbocycles. The van der Waals surface area contributed by atoms with E-state index in [-0.39, 0.29) is 11.3 Å². The summed E-state index contributed by atoms with van der Waals surface area (Å²) in [6.07, 6.45) is 9.06. The minimum atomic E-state index is 0.0870. The number of imidazole rings is 1. The first-order valence-corrected chi connectivity index (χ1v) is 16.8. The molecule has 3 aliphatic heterocycles. The normalized spacial score (nSPS) is 23.2. The first-order chi connectivity index (χ1) is 21.6. The second-order valence-electron chi connectivity index (χ2n) is 13.3. The molecule has 4 aromatic rings. The van der Waals surface area contributed by atoms with Gasteiger partial charge in [-0.3, -0.25) is 9.69 Å². The SMILES string of the molecule is CCCOc1ccccc1C(=O)N1CCC(CCN2[C@@H]3CC[C@H]2CC(n2c(C)nc4ccccc42)C3)(c2ccccc2)CC1. The van der Waals surface area contributed by atoms with Crippen LogP contribution in [0, 0.1) is 6.92 Å². The number of benzene rings is 3. The number of para-hydroxylation sites is 3. The summed E-state index contributed by atoms with van der Waals surface area (Å²) in [5.41, 5.74) is 4.61. The maximum Gasteiger partial charge on any atom is 0.257 e. The number of carbonyl (C=O) groups excluding carboxylic acids is 1. The fourth-order valence-electron chi connectivity index (χ4n) is 8.55. The maximum atomic E-state index is 13.7. The van der Waals surface area contributed by atoms with E-state index in [0.717, 1.165) is 56.7 Å². The van der Waals surface area contributed by atoms with E-state index in [1.54, 1.807) is 0 Å². The zero-order valence-corrected chi connectivity index (χ0v) is 26.3. The lowest BCUT2D eigenvalue weighted by atomic mass is 9.70. The van der Waals surface area contributed by atoms with Crippen molar-refractivity contribution in [2.75, 3.05) is 26.2 Å². The highest BCUT2D eigenvalue weighted by Crippen LogP contribution is 2.45. The lowest BCUT2D eigenvalue weighted by Gasteiger charge is -2.45. The van der Waals surface area contributed by atoms with E-state index in [4.69, 9.17) is 9.72 Å². The Hall–Kier alpha value is -3.64. The Kier molecular flexibility index (Phi) is 8.19. The number of hydrogen-bond donors (Lipinski definition) is 0. The quantitative estimate of drug-likeness (QED) is 0.202. The van der Waals surface area contributed by atoms with Crippen LogP contribution in [0.5, 0.6) is 5.75 Å². The van der Waals surface area contributed by atoms with Gasteiger partial charge in [0, 0.05) is 31.2 Å². The molecule has 3 aliphatic rings. The number of aromatic nitrogens is 2. The third-order valence-corrected chi connectivity index (χ3v) is 10.8. The van der Waals surface area contributed by atoms with Crippen LogP contribution in [-0.2, 0) is 5.41 Å². The Morgan fingerprint density at radius 2 is 1.57 bits per heavy atom. The largest absolute Gasteiger partial charge is 0.493 e. The Labute approximate surface area is 262 Å². The molecule has 2 bridgehead atoms. The summed E-state index contributed by atoms with van der Waals surface area (Å²) in [5.74, 6) is 1.95. The summed E-state index contributed by atoms with van der Waals surface area (Å²) < 4.78 is 8.47. The molecular weight excluding hydrogens is 544 g/mol. The van der Waals surface area contributed by atoms with Crippen molar-refractivity contribution >= 4 is 16.9 Å². The Bertz CT molecular complexity index is 1570. The standard InChI is InChI=1S/C38H46N4O2/c1-3-25-44-36-16-10-7-13-33(36)37(43)40-22-19-38(20-23-40,29-11-5-4-6-12-29)21-24-41-30-17-18-31(41)27-32(26-30)42-28(2)39-34-14-8-9-15-35(34)42/h4-16,30-32H,3,17-27H2,1-2H3/t30-,31+,32?. The van der Waals surface area contributed by atoms with Crippen LogP contribution in [0.1, 0.15) is 86.1 Å². The van der Waals surface area contributed by atoms with E-state index in [0.29, 0.717) is 36.0 Å². The zero-order chi connectivity index (χ0) is 30.1. The third kappa shape index (κ3) is 5.42. The smallest absolute Gasteiger partial charge is 0.257 e. The molecule has 6 heteroatoms. The van der Waals surface area contributed by atoms with Gasteiger partial charge in [0.15, 0.2) is 0 Å². The van der Waals surface area contributed by atoms with Crippen LogP contribution in [-0.4, -0.2) is 63.6 Å². The van der Waals surface area contributed by atoms with E-state index < -0.39 is 0 Å². The van der Waals surface area contributed by atoms with Crippen LogP contribution >= 0.6 is 0 Å². The molecule has 4 heterocycles. The molecule has 3 atom stereocenters. The van der Waals surface area contributed by atoms with Crippen LogP contribution in [0.25, 0.3) is 11.0 Å². The third-order valence-electron chi connectivity index (χ3n) is 10.8. The van der Waals surface area contributed by atoms with Crippen molar-refractivity contribution in [3.05, 3.63) is 95.8 Å². The number of hydrogen-bond acceptors (Lipinski definition) is 4. The Morgan fingerprint density at radius 1 is 0.886 bits per heavy atom. The molecular formula is C38H46N4O2. The van der Waals surface area contributed by atoms with Gasteiger partial charge in [0.2, 0.25) is 0 Å². The van der Waals surface area contributed by atoms with Gasteiger partial charge in [0.1, 0.15) is 11.6 Å². The van der Waals surface area contributed by atoms with Crippen molar-refractivity contribution in [3.8, 4) is 5.75 Å². The van der Waals surface area contributed by atoms with Gasteiger partial charge in [-0.05, 0) is 100 Å². The average molecular weight is 591 g/mol. The van der Waals surface area contributed by atoms with Crippen molar-refractivity contribution in [1.82, 2.24) is 19.4 Å². The van der Waals surface area contributed by atoms with E-state index in [1.165, 1.54) is 36.8 Å². The molecule has 1 unspecified atom stereocenters. The molecule has 3 saturated heterocycles. The topological polar surface area (TPSA) is 50.6 Å². The highest BCUT2D eigenvalue weighted by Gasteiger charge is 2.44. The van der Waals surface area contributed by atoms with Crippen molar-refractivity contribution in [1.29, 1.82) is 0 Å². The summed E-state index contributed by atoms with van der Waals surface area (Å²) in [6, 6.07) is 29.3. The van der Waals surface area contributed by atoms with Gasteiger partial charge in [-0.2, -0.15) is 0 Å². The van der Waals surface area contributed by atoms with Gasteiger partial charge < -0.3 is 14.2 Å². The van der Waals surface area contributed by atoms with Crippen LogP contribution in [0.2, 0.25) is 0 Å². The number of piperidine rings is 2. The van der Waals surface area contributed by atoms with Crippen LogP contribution in [0.15, 0.2) is 78.9 Å². The minimum absolute atomic E-state index is 0.0870. The fourth-order valence-corrected chi connectivity index (χ4v) is 8.55. The number of aryl methyl sites for hydroxylation is 1. The van der Waals surface area contributed by atoms with Crippen LogP contribution < -0.4 is 4.74 Å². The highest BCUT2D eigenvalue weighted by molar-refractivity contribution is 5.97. The van der Waals surface area contributed by atoms with E-state index in [1.807, 2.05) is 24.3 Å². The van der Waals surface area contributed by atoms with Crippen LogP contribution in [0.4, 0.5) is 0 Å². The van der Waals surface area contributed by atoms with Gasteiger partial charge in [0.25, 0.3) is 5.91 Å². The fraction of sp³-hybridized carbons (Fsp3) is 0.474. The number of likely N-dealkylation sites (tertiary alicyclic amines) is 1. The van der Waals surface area contributed by atoms with E-state index >= 15 is 0 Å². The van der Waals surface area contributed by atoms with Gasteiger partial charge in [0.05, 0.1) is 23.2 Å².